The molecule has 2 heterocycles. The van der Waals surface area contributed by atoms with Crippen molar-refractivity contribution >= 4 is 11.9 Å². The fourth-order valence-electron chi connectivity index (χ4n) is 2.45. The molecule has 0 aliphatic rings. The van der Waals surface area contributed by atoms with Gasteiger partial charge in [-0.05, 0) is 30.0 Å². The van der Waals surface area contributed by atoms with Gasteiger partial charge in [0.05, 0.1) is 5.69 Å². The molecule has 0 saturated heterocycles. The van der Waals surface area contributed by atoms with Crippen molar-refractivity contribution in [1.29, 1.82) is 0 Å². The molecule has 0 aliphatic carbocycles. The first-order valence-electron chi connectivity index (χ1n) is 7.13. The number of rotatable bonds is 3. The normalized spacial score (nSPS) is 11.2. The maximum absolute atomic E-state index is 11.0. The minimum atomic E-state index is 0.526. The van der Waals surface area contributed by atoms with Gasteiger partial charge in [0, 0.05) is 23.5 Å². The lowest BCUT2D eigenvalue weighted by Gasteiger charge is -2.05. The van der Waals surface area contributed by atoms with Gasteiger partial charge in [-0.3, -0.25) is 4.79 Å². The molecule has 3 aromatic rings. The number of fused-ring (bicyclic) bond motifs is 1. The quantitative estimate of drug-likeness (QED) is 0.671. The predicted molar refractivity (Wildman–Crippen MR) is 84.8 cm³/mol. The molecule has 3 rings (SSSR count). The summed E-state index contributed by atoms with van der Waals surface area (Å²) in [6.45, 7) is 6.29. The number of hydrogen-bond donors (Lipinski definition) is 0. The molecule has 0 aliphatic heterocycles. The number of benzene rings is 1. The zero-order valence-corrected chi connectivity index (χ0v) is 12.5. The third-order valence-corrected chi connectivity index (χ3v) is 3.84. The Hall–Kier alpha value is -2.42. The van der Waals surface area contributed by atoms with Crippen molar-refractivity contribution in [1.82, 2.24) is 9.38 Å². The highest BCUT2D eigenvalue weighted by Gasteiger charge is 2.07. The number of aryl methyl sites for hydroxylation is 1. The van der Waals surface area contributed by atoms with Crippen molar-refractivity contribution in [3.8, 4) is 11.3 Å². The van der Waals surface area contributed by atoms with Crippen LogP contribution in [0.3, 0.4) is 0 Å². The number of aromatic nitrogens is 2. The van der Waals surface area contributed by atoms with Gasteiger partial charge in [-0.25, -0.2) is 4.98 Å². The highest BCUT2D eigenvalue weighted by atomic mass is 16.1. The zero-order chi connectivity index (χ0) is 15.0. The Bertz CT molecular complexity index is 798. The average molecular weight is 278 g/mol. The first-order chi connectivity index (χ1) is 10.1. The molecule has 3 nitrogen and oxygen atoms in total. The Labute approximate surface area is 124 Å². The van der Waals surface area contributed by atoms with Crippen LogP contribution in [0.15, 0.2) is 42.7 Å². The van der Waals surface area contributed by atoms with Crippen LogP contribution in [0.5, 0.6) is 0 Å². The molecule has 0 radical (unpaired) electrons. The van der Waals surface area contributed by atoms with E-state index in [1.807, 2.05) is 29.8 Å². The van der Waals surface area contributed by atoms with Gasteiger partial charge in [0.2, 0.25) is 0 Å². The second-order valence-electron chi connectivity index (χ2n) is 5.70. The van der Waals surface area contributed by atoms with Gasteiger partial charge < -0.3 is 4.40 Å². The first kappa shape index (κ1) is 13.6. The van der Waals surface area contributed by atoms with Crippen LogP contribution in [-0.4, -0.2) is 15.7 Å². The fourth-order valence-corrected chi connectivity index (χ4v) is 2.45. The summed E-state index contributed by atoms with van der Waals surface area (Å²) in [6, 6.07) is 10.4. The van der Waals surface area contributed by atoms with E-state index < -0.39 is 0 Å². The molecule has 21 heavy (non-hydrogen) atoms. The highest BCUT2D eigenvalue weighted by Crippen LogP contribution is 2.23. The van der Waals surface area contributed by atoms with Crippen LogP contribution < -0.4 is 0 Å². The lowest BCUT2D eigenvalue weighted by atomic mass is 10.0. The third-order valence-electron chi connectivity index (χ3n) is 3.84. The summed E-state index contributed by atoms with van der Waals surface area (Å²) in [4.78, 5) is 15.7. The van der Waals surface area contributed by atoms with Crippen LogP contribution in [0, 0.1) is 6.92 Å². The van der Waals surface area contributed by atoms with Gasteiger partial charge in [-0.15, -0.1) is 0 Å². The van der Waals surface area contributed by atoms with E-state index in [0.29, 0.717) is 11.5 Å². The molecule has 0 saturated carbocycles. The summed E-state index contributed by atoms with van der Waals surface area (Å²) < 4.78 is 1.91. The van der Waals surface area contributed by atoms with Gasteiger partial charge in [0.15, 0.2) is 6.29 Å². The van der Waals surface area contributed by atoms with Crippen LogP contribution in [-0.2, 0) is 0 Å². The second kappa shape index (κ2) is 5.17. The van der Waals surface area contributed by atoms with Crippen molar-refractivity contribution in [2.75, 3.05) is 0 Å². The predicted octanol–water partition coefficient (Wildman–Crippen LogP) is 4.25. The number of imidazole rings is 1. The molecule has 3 heteroatoms. The van der Waals surface area contributed by atoms with Crippen molar-refractivity contribution in [3.63, 3.8) is 0 Å². The summed E-state index contributed by atoms with van der Waals surface area (Å²) in [5.74, 6) is 0.526. The maximum atomic E-state index is 11.0. The molecular weight excluding hydrogens is 260 g/mol. The lowest BCUT2D eigenvalue weighted by molar-refractivity contribution is 0.112. The zero-order valence-electron chi connectivity index (χ0n) is 12.5. The largest absolute Gasteiger partial charge is 0.306 e. The molecule has 0 unspecified atom stereocenters. The number of pyridine rings is 1. The smallest absolute Gasteiger partial charge is 0.151 e. The lowest BCUT2D eigenvalue weighted by Crippen LogP contribution is -1.91. The van der Waals surface area contributed by atoms with Gasteiger partial charge in [0.25, 0.3) is 0 Å². The fraction of sp³-hybridized carbons (Fsp3) is 0.222. The van der Waals surface area contributed by atoms with E-state index >= 15 is 0 Å². The van der Waals surface area contributed by atoms with Crippen LogP contribution in [0.1, 0.15) is 41.3 Å². The molecular formula is C18H18N2O. The van der Waals surface area contributed by atoms with Gasteiger partial charge >= 0.3 is 0 Å². The van der Waals surface area contributed by atoms with E-state index in [4.69, 9.17) is 0 Å². The Kier molecular flexibility index (Phi) is 3.34. The monoisotopic (exact) mass is 278 g/mol. The summed E-state index contributed by atoms with van der Waals surface area (Å²) in [5.41, 5.74) is 5.84. The van der Waals surface area contributed by atoms with Gasteiger partial charge in [-0.2, -0.15) is 0 Å². The molecule has 0 N–H and O–H groups in total. The van der Waals surface area contributed by atoms with Crippen LogP contribution in [0.25, 0.3) is 16.9 Å². The van der Waals surface area contributed by atoms with Crippen molar-refractivity contribution < 1.29 is 4.79 Å². The minimum absolute atomic E-state index is 0.526. The van der Waals surface area contributed by atoms with E-state index in [2.05, 4.69) is 43.1 Å². The first-order valence-corrected chi connectivity index (χ1v) is 7.13. The summed E-state index contributed by atoms with van der Waals surface area (Å²) in [7, 11) is 0. The van der Waals surface area contributed by atoms with E-state index in [9.17, 15) is 4.79 Å². The van der Waals surface area contributed by atoms with E-state index in [1.54, 1.807) is 0 Å². The van der Waals surface area contributed by atoms with E-state index in [-0.39, 0.29) is 0 Å². The van der Waals surface area contributed by atoms with Crippen molar-refractivity contribution in [2.45, 2.75) is 26.7 Å². The van der Waals surface area contributed by atoms with Crippen molar-refractivity contribution in [3.05, 3.63) is 59.4 Å². The molecule has 2 aromatic heterocycles. The Morgan fingerprint density at radius 3 is 2.48 bits per heavy atom. The number of nitrogens with zero attached hydrogens (tertiary/aromatic N) is 2. The van der Waals surface area contributed by atoms with Crippen LogP contribution in [0.2, 0.25) is 0 Å². The van der Waals surface area contributed by atoms with E-state index in [0.717, 1.165) is 28.8 Å². The standard InChI is InChI=1S/C18H18N2O/c1-12(2)14-4-6-15(7-5-14)17-10-20-9-16(11-21)13(3)8-18(20)19-17/h4-12H,1-3H3. The third kappa shape index (κ3) is 2.47. The molecule has 1 aromatic carbocycles. The molecule has 0 fully saturated rings. The van der Waals surface area contributed by atoms with Gasteiger partial charge in [0.1, 0.15) is 5.65 Å². The summed E-state index contributed by atoms with van der Waals surface area (Å²) in [5, 5.41) is 0. The number of hydrogen-bond acceptors (Lipinski definition) is 2. The number of aldehydes is 1. The van der Waals surface area contributed by atoms with E-state index in [1.165, 1.54) is 5.56 Å². The molecule has 0 amide bonds. The summed E-state index contributed by atoms with van der Waals surface area (Å²) >= 11 is 0. The van der Waals surface area contributed by atoms with Crippen LogP contribution in [0.4, 0.5) is 0 Å². The van der Waals surface area contributed by atoms with Crippen molar-refractivity contribution in [2.24, 2.45) is 0 Å². The number of carbonyl (C=O) groups excluding carboxylic acids is 1. The topological polar surface area (TPSA) is 34.4 Å². The second-order valence-corrected chi connectivity index (χ2v) is 5.70. The minimum Gasteiger partial charge on any atom is -0.306 e. The maximum Gasteiger partial charge on any atom is 0.151 e. The Balaban J connectivity index is 2.06. The molecule has 106 valence electrons. The average Bonchev–Trinajstić information content (AvgIpc) is 2.89. The highest BCUT2D eigenvalue weighted by molar-refractivity contribution is 5.78. The van der Waals surface area contributed by atoms with Gasteiger partial charge in [-0.1, -0.05) is 38.1 Å². The molecule has 0 spiro atoms. The molecule has 0 atom stereocenters. The SMILES string of the molecule is Cc1cc2nc(-c3ccc(C(C)C)cc3)cn2cc1C=O. The Morgan fingerprint density at radius 2 is 1.86 bits per heavy atom. The number of carbonyl (C=O) groups is 1. The van der Waals surface area contributed by atoms with Crippen LogP contribution >= 0.6 is 0 Å². The Morgan fingerprint density at radius 1 is 1.14 bits per heavy atom. The summed E-state index contributed by atoms with van der Waals surface area (Å²) in [6.07, 6.45) is 4.68. The molecule has 0 bridgehead atoms.